The molecule has 1 heterocycles. The molecule has 4 fully saturated rings. The lowest BCUT2D eigenvalue weighted by molar-refractivity contribution is -0.139. The molecule has 4 bridgehead atoms. The first-order chi connectivity index (χ1) is 11.1. The second kappa shape index (κ2) is 6.71. The summed E-state index contributed by atoms with van der Waals surface area (Å²) in [7, 11) is 0. The van der Waals surface area contributed by atoms with Crippen LogP contribution in [0.3, 0.4) is 0 Å². The standard InChI is InChI=1S/C18H23N3O2.ClH/c22-16(15-3-5-19-6-4-15)20-21-17(23)18-9-12-1-2-13(10-18)8-14(7-12)11-18;/h3-6,12-14H,1-2,7-11H2,(H,20,22)(H,21,23);1H/p-1. The van der Waals surface area contributed by atoms with E-state index in [0.29, 0.717) is 23.3 Å². The van der Waals surface area contributed by atoms with Gasteiger partial charge >= 0.3 is 0 Å². The van der Waals surface area contributed by atoms with Gasteiger partial charge in [0.05, 0.1) is 5.41 Å². The molecule has 4 saturated carbocycles. The molecule has 130 valence electrons. The molecule has 1 aromatic rings. The van der Waals surface area contributed by atoms with Crippen LogP contribution in [0.5, 0.6) is 0 Å². The Labute approximate surface area is 148 Å². The highest BCUT2D eigenvalue weighted by Gasteiger charge is 2.52. The van der Waals surface area contributed by atoms with Crippen LogP contribution in [0.15, 0.2) is 24.5 Å². The maximum atomic E-state index is 12.8. The Bertz CT molecular complexity index is 606. The first-order valence-corrected chi connectivity index (χ1v) is 8.65. The molecule has 4 aliphatic rings. The molecule has 0 saturated heterocycles. The van der Waals surface area contributed by atoms with Crippen LogP contribution in [0.4, 0.5) is 0 Å². The van der Waals surface area contributed by atoms with Gasteiger partial charge in [-0.3, -0.25) is 25.4 Å². The van der Waals surface area contributed by atoms with Crippen LogP contribution in [0.2, 0.25) is 0 Å². The van der Waals surface area contributed by atoms with E-state index in [0.717, 1.165) is 19.3 Å². The number of hydrogen-bond acceptors (Lipinski definition) is 3. The Balaban J connectivity index is 0.00000169. The van der Waals surface area contributed by atoms with Gasteiger partial charge in [0.2, 0.25) is 5.91 Å². The molecule has 2 N–H and O–H groups in total. The highest BCUT2D eigenvalue weighted by molar-refractivity contribution is 5.95. The molecule has 1 aromatic heterocycles. The highest BCUT2D eigenvalue weighted by atomic mass is 35.5. The van der Waals surface area contributed by atoms with E-state index < -0.39 is 0 Å². The number of hydrogen-bond donors (Lipinski definition) is 2. The zero-order valence-electron chi connectivity index (χ0n) is 13.6. The fourth-order valence-corrected chi connectivity index (χ4v) is 5.29. The van der Waals surface area contributed by atoms with E-state index in [-0.39, 0.29) is 29.6 Å². The number of amides is 2. The van der Waals surface area contributed by atoms with Crippen molar-refractivity contribution in [2.45, 2.75) is 44.9 Å². The van der Waals surface area contributed by atoms with Gasteiger partial charge in [0.1, 0.15) is 0 Å². The third-order valence-corrected chi connectivity index (χ3v) is 6.07. The number of halogens is 1. The van der Waals surface area contributed by atoms with E-state index in [1.54, 1.807) is 24.5 Å². The van der Waals surface area contributed by atoms with Crippen LogP contribution in [-0.2, 0) is 4.79 Å². The molecule has 4 aliphatic carbocycles. The van der Waals surface area contributed by atoms with Gasteiger partial charge in [-0.1, -0.05) is 12.8 Å². The molecule has 24 heavy (non-hydrogen) atoms. The van der Waals surface area contributed by atoms with Gasteiger partial charge < -0.3 is 12.4 Å². The fourth-order valence-electron chi connectivity index (χ4n) is 5.29. The molecule has 2 unspecified atom stereocenters. The van der Waals surface area contributed by atoms with Gasteiger partial charge in [-0.15, -0.1) is 0 Å². The summed E-state index contributed by atoms with van der Waals surface area (Å²) in [6.07, 6.45) is 11.3. The molecular formula is C18H23ClN3O2-. The first-order valence-electron chi connectivity index (χ1n) is 8.65. The van der Waals surface area contributed by atoms with E-state index in [2.05, 4.69) is 15.8 Å². The lowest BCUT2D eigenvalue weighted by Gasteiger charge is -2.46. The molecule has 0 aromatic carbocycles. The van der Waals surface area contributed by atoms with E-state index in [4.69, 9.17) is 0 Å². The van der Waals surface area contributed by atoms with Crippen LogP contribution in [-0.4, -0.2) is 16.8 Å². The number of carbonyl (C=O) groups excluding carboxylic acids is 2. The van der Waals surface area contributed by atoms with Crippen LogP contribution in [0.25, 0.3) is 0 Å². The van der Waals surface area contributed by atoms with Crippen molar-refractivity contribution >= 4 is 11.8 Å². The SMILES string of the molecule is O=C(NNC(=O)C12CC3CCC(CC(C3)C1)C2)c1ccncc1.[Cl-]. The Morgan fingerprint density at radius 3 is 2.17 bits per heavy atom. The number of aromatic nitrogens is 1. The third-order valence-electron chi connectivity index (χ3n) is 6.07. The van der Waals surface area contributed by atoms with Crippen molar-refractivity contribution in [2.24, 2.45) is 23.2 Å². The number of carbonyl (C=O) groups is 2. The molecule has 5 nitrogen and oxygen atoms in total. The van der Waals surface area contributed by atoms with Crippen LogP contribution >= 0.6 is 0 Å². The lowest BCUT2D eigenvalue weighted by atomic mass is 9.58. The number of pyridine rings is 1. The minimum absolute atomic E-state index is 0. The number of hydrazine groups is 1. The predicted molar refractivity (Wildman–Crippen MR) is 85.1 cm³/mol. The van der Waals surface area contributed by atoms with Gasteiger partial charge in [-0.2, -0.15) is 0 Å². The number of nitrogens with zero attached hydrogens (tertiary/aromatic N) is 1. The normalized spacial score (nSPS) is 33.2. The molecule has 0 radical (unpaired) electrons. The summed E-state index contributed by atoms with van der Waals surface area (Å²) >= 11 is 0. The molecule has 2 atom stereocenters. The quantitative estimate of drug-likeness (QED) is 0.705. The van der Waals surface area contributed by atoms with Crippen molar-refractivity contribution in [2.75, 3.05) is 0 Å². The Kier molecular flexibility index (Phi) is 4.81. The predicted octanol–water partition coefficient (Wildman–Crippen LogP) is -0.547. The van der Waals surface area contributed by atoms with Crippen molar-refractivity contribution in [3.05, 3.63) is 30.1 Å². The molecule has 5 rings (SSSR count). The van der Waals surface area contributed by atoms with Gasteiger partial charge in [-0.05, 0) is 62.0 Å². The lowest BCUT2D eigenvalue weighted by Crippen LogP contribution is -3.00. The second-order valence-corrected chi connectivity index (χ2v) is 7.68. The fraction of sp³-hybridized carbons (Fsp3) is 0.611. The summed E-state index contributed by atoms with van der Waals surface area (Å²) in [4.78, 5) is 28.8. The van der Waals surface area contributed by atoms with Crippen LogP contribution in [0.1, 0.15) is 55.3 Å². The Morgan fingerprint density at radius 2 is 1.54 bits per heavy atom. The third kappa shape index (κ3) is 3.14. The minimum atomic E-state index is -0.289. The Hall–Kier alpha value is -1.62. The second-order valence-electron chi connectivity index (χ2n) is 7.68. The average molecular weight is 349 g/mol. The summed E-state index contributed by atoms with van der Waals surface area (Å²) in [5, 5.41) is 0. The van der Waals surface area contributed by atoms with Crippen molar-refractivity contribution in [3.8, 4) is 0 Å². The summed E-state index contributed by atoms with van der Waals surface area (Å²) in [5.41, 5.74) is 5.54. The molecule has 2 amide bonds. The van der Waals surface area contributed by atoms with E-state index >= 15 is 0 Å². The maximum Gasteiger partial charge on any atom is 0.269 e. The summed E-state index contributed by atoms with van der Waals surface area (Å²) in [6.45, 7) is 0. The minimum Gasteiger partial charge on any atom is -1.00 e. The average Bonchev–Trinajstić information content (AvgIpc) is 2.79. The van der Waals surface area contributed by atoms with Crippen LogP contribution in [0, 0.1) is 23.2 Å². The van der Waals surface area contributed by atoms with Crippen molar-refractivity contribution in [3.63, 3.8) is 0 Å². The van der Waals surface area contributed by atoms with Gasteiger partial charge in [-0.25, -0.2) is 0 Å². The van der Waals surface area contributed by atoms with Gasteiger partial charge in [0.15, 0.2) is 0 Å². The first kappa shape index (κ1) is 17.2. The smallest absolute Gasteiger partial charge is 0.269 e. The molecule has 0 aliphatic heterocycles. The van der Waals surface area contributed by atoms with E-state index in [9.17, 15) is 9.59 Å². The number of nitrogens with one attached hydrogen (secondary N) is 2. The van der Waals surface area contributed by atoms with E-state index in [1.807, 2.05) is 0 Å². The van der Waals surface area contributed by atoms with Gasteiger partial charge in [0.25, 0.3) is 5.91 Å². The topological polar surface area (TPSA) is 71.1 Å². The van der Waals surface area contributed by atoms with Crippen LogP contribution < -0.4 is 23.3 Å². The molecule has 0 spiro atoms. The highest BCUT2D eigenvalue weighted by Crippen LogP contribution is 2.57. The number of fused-ring (bicyclic) bond motifs is 1. The molecular weight excluding hydrogens is 326 g/mol. The number of rotatable bonds is 2. The largest absolute Gasteiger partial charge is 1.00 e. The van der Waals surface area contributed by atoms with E-state index in [1.165, 1.54) is 25.7 Å². The maximum absolute atomic E-state index is 12.8. The summed E-state index contributed by atoms with van der Waals surface area (Å²) in [5.74, 6) is 1.83. The van der Waals surface area contributed by atoms with Gasteiger partial charge in [0, 0.05) is 18.0 Å². The van der Waals surface area contributed by atoms with Crippen molar-refractivity contribution in [1.29, 1.82) is 0 Å². The monoisotopic (exact) mass is 348 g/mol. The zero-order valence-corrected chi connectivity index (χ0v) is 14.4. The Morgan fingerprint density at radius 1 is 0.958 bits per heavy atom. The summed E-state index contributed by atoms with van der Waals surface area (Å²) in [6, 6.07) is 3.27. The van der Waals surface area contributed by atoms with Crippen molar-refractivity contribution < 1.29 is 22.0 Å². The summed E-state index contributed by atoms with van der Waals surface area (Å²) < 4.78 is 0. The van der Waals surface area contributed by atoms with Crippen molar-refractivity contribution in [1.82, 2.24) is 15.8 Å². The molecule has 6 heteroatoms. The zero-order chi connectivity index (χ0) is 15.9.